The predicted molar refractivity (Wildman–Crippen MR) is 69.7 cm³/mol. The van der Waals surface area contributed by atoms with Gasteiger partial charge in [-0.2, -0.15) is 5.26 Å². The van der Waals surface area contributed by atoms with E-state index in [1.54, 1.807) is 0 Å². The first kappa shape index (κ1) is 12.9. The van der Waals surface area contributed by atoms with E-state index in [2.05, 4.69) is 26.8 Å². The van der Waals surface area contributed by atoms with Crippen molar-refractivity contribution in [2.24, 2.45) is 0 Å². The smallest absolute Gasteiger partial charge is 0.137 e. The van der Waals surface area contributed by atoms with Crippen molar-refractivity contribution >= 4 is 0 Å². The van der Waals surface area contributed by atoms with Crippen LogP contribution >= 0.6 is 0 Å². The number of rotatable bonds is 2. The molecule has 0 unspecified atom stereocenters. The van der Waals surface area contributed by atoms with E-state index in [4.69, 9.17) is 9.47 Å². The summed E-state index contributed by atoms with van der Waals surface area (Å²) < 4.78 is 11.1. The molecule has 18 heavy (non-hydrogen) atoms. The van der Waals surface area contributed by atoms with Crippen LogP contribution in [0.2, 0.25) is 0 Å². The van der Waals surface area contributed by atoms with Gasteiger partial charge in [0.1, 0.15) is 17.9 Å². The lowest BCUT2D eigenvalue weighted by molar-refractivity contribution is 0.141. The van der Waals surface area contributed by atoms with E-state index in [9.17, 15) is 5.26 Å². The second-order valence-corrected chi connectivity index (χ2v) is 5.68. The average Bonchev–Trinajstić information content (AvgIpc) is 2.81. The zero-order valence-corrected chi connectivity index (χ0v) is 11.2. The van der Waals surface area contributed by atoms with Crippen molar-refractivity contribution in [3.8, 4) is 11.8 Å². The van der Waals surface area contributed by atoms with Gasteiger partial charge in [-0.05, 0) is 23.1 Å². The van der Waals surface area contributed by atoms with Crippen LogP contribution in [-0.2, 0) is 10.2 Å². The molecule has 2 rings (SSSR count). The largest absolute Gasteiger partial charge is 0.487 e. The quantitative estimate of drug-likeness (QED) is 0.804. The fraction of sp³-hybridized carbons (Fsp3) is 0.533. The van der Waals surface area contributed by atoms with Crippen LogP contribution in [0.1, 0.15) is 38.3 Å². The van der Waals surface area contributed by atoms with Crippen molar-refractivity contribution in [3.63, 3.8) is 0 Å². The van der Waals surface area contributed by atoms with Crippen LogP contribution in [0.15, 0.2) is 18.2 Å². The summed E-state index contributed by atoms with van der Waals surface area (Å²) in [5.74, 6) is 0.668. The van der Waals surface area contributed by atoms with Crippen molar-refractivity contribution in [1.82, 2.24) is 0 Å². The van der Waals surface area contributed by atoms with Gasteiger partial charge in [-0.25, -0.2) is 0 Å². The third-order valence-electron chi connectivity index (χ3n) is 3.15. The number of benzene rings is 1. The molecule has 0 spiro atoms. The minimum Gasteiger partial charge on any atom is -0.487 e. The molecule has 3 nitrogen and oxygen atoms in total. The lowest BCUT2D eigenvalue weighted by atomic mass is 9.86. The Kier molecular flexibility index (Phi) is 3.58. The summed E-state index contributed by atoms with van der Waals surface area (Å²) in [5.41, 5.74) is 1.80. The highest BCUT2D eigenvalue weighted by molar-refractivity contribution is 5.47. The lowest BCUT2D eigenvalue weighted by Crippen LogP contribution is -2.17. The monoisotopic (exact) mass is 245 g/mol. The maximum absolute atomic E-state index is 9.22. The van der Waals surface area contributed by atoms with Gasteiger partial charge in [0.15, 0.2) is 0 Å². The van der Waals surface area contributed by atoms with Gasteiger partial charge in [-0.1, -0.05) is 26.8 Å². The Bertz CT molecular complexity index is 462. The van der Waals surface area contributed by atoms with Crippen LogP contribution in [0.5, 0.6) is 5.75 Å². The molecule has 3 heteroatoms. The van der Waals surface area contributed by atoms with Crippen LogP contribution in [0, 0.1) is 11.3 Å². The number of hydrogen-bond acceptors (Lipinski definition) is 3. The minimum atomic E-state index is 0.0423. The zero-order valence-electron chi connectivity index (χ0n) is 11.2. The Morgan fingerprint density at radius 3 is 2.72 bits per heavy atom. The first-order chi connectivity index (χ1) is 8.50. The predicted octanol–water partition coefficient (Wildman–Crippen LogP) is 3.02. The van der Waals surface area contributed by atoms with Crippen molar-refractivity contribution < 1.29 is 9.47 Å². The number of nitrogens with zero attached hydrogens (tertiary/aromatic N) is 1. The number of ether oxygens (including phenoxy) is 2. The Labute approximate surface area is 108 Å². The summed E-state index contributed by atoms with van der Waals surface area (Å²) in [7, 11) is 0. The first-order valence-corrected chi connectivity index (χ1v) is 6.30. The van der Waals surface area contributed by atoms with E-state index in [1.165, 1.54) is 0 Å². The van der Waals surface area contributed by atoms with E-state index >= 15 is 0 Å². The Balaban J connectivity index is 2.23. The van der Waals surface area contributed by atoms with E-state index in [1.807, 2.05) is 18.2 Å². The fourth-order valence-electron chi connectivity index (χ4n) is 1.97. The molecule has 0 radical (unpaired) electrons. The average molecular weight is 245 g/mol. The van der Waals surface area contributed by atoms with Crippen LogP contribution in [0.25, 0.3) is 0 Å². The Morgan fingerprint density at radius 2 is 2.17 bits per heavy atom. The molecule has 1 aliphatic rings. The normalized spacial score (nSPS) is 19.6. The Morgan fingerprint density at radius 1 is 1.39 bits per heavy atom. The van der Waals surface area contributed by atoms with Gasteiger partial charge >= 0.3 is 0 Å². The van der Waals surface area contributed by atoms with Crippen molar-refractivity contribution in [3.05, 3.63) is 29.3 Å². The molecule has 0 aromatic heterocycles. The SMILES string of the molecule is CC(C)(C)c1ccc(O[C@@H]2CCOC2)c(C#N)c1. The molecule has 0 bridgehead atoms. The standard InChI is InChI=1S/C15H19NO2/c1-15(2,3)12-4-5-14(11(8-12)9-16)18-13-6-7-17-10-13/h4-5,8,13H,6-7,10H2,1-3H3/t13-/m1/s1. The van der Waals surface area contributed by atoms with Crippen LogP contribution in [-0.4, -0.2) is 19.3 Å². The summed E-state index contributed by atoms with van der Waals surface area (Å²) in [6, 6.07) is 8.07. The summed E-state index contributed by atoms with van der Waals surface area (Å²) >= 11 is 0. The maximum Gasteiger partial charge on any atom is 0.137 e. The first-order valence-electron chi connectivity index (χ1n) is 6.30. The summed E-state index contributed by atoms with van der Waals surface area (Å²) in [5, 5.41) is 9.22. The van der Waals surface area contributed by atoms with Crippen LogP contribution in [0.4, 0.5) is 0 Å². The lowest BCUT2D eigenvalue weighted by Gasteiger charge is -2.20. The molecular weight excluding hydrogens is 226 g/mol. The van der Waals surface area contributed by atoms with E-state index in [0.29, 0.717) is 17.9 Å². The van der Waals surface area contributed by atoms with Gasteiger partial charge in [0.2, 0.25) is 0 Å². The second-order valence-electron chi connectivity index (χ2n) is 5.68. The highest BCUT2D eigenvalue weighted by atomic mass is 16.5. The molecule has 1 aromatic carbocycles. The molecule has 0 aliphatic carbocycles. The minimum absolute atomic E-state index is 0.0423. The third-order valence-corrected chi connectivity index (χ3v) is 3.15. The summed E-state index contributed by atoms with van der Waals surface area (Å²) in [6.45, 7) is 7.76. The molecule has 0 amide bonds. The molecule has 1 aliphatic heterocycles. The molecule has 1 aromatic rings. The van der Waals surface area contributed by atoms with Crippen LogP contribution < -0.4 is 4.74 Å². The highest BCUT2D eigenvalue weighted by Crippen LogP contribution is 2.28. The van der Waals surface area contributed by atoms with Gasteiger partial charge in [0, 0.05) is 6.42 Å². The van der Waals surface area contributed by atoms with E-state index in [0.717, 1.165) is 18.6 Å². The molecule has 0 N–H and O–H groups in total. The highest BCUT2D eigenvalue weighted by Gasteiger charge is 2.20. The van der Waals surface area contributed by atoms with E-state index in [-0.39, 0.29) is 11.5 Å². The van der Waals surface area contributed by atoms with Gasteiger partial charge < -0.3 is 9.47 Å². The molecular formula is C15H19NO2. The van der Waals surface area contributed by atoms with Gasteiger partial charge in [0.25, 0.3) is 0 Å². The second kappa shape index (κ2) is 4.99. The fourth-order valence-corrected chi connectivity index (χ4v) is 1.97. The van der Waals surface area contributed by atoms with Gasteiger partial charge in [0.05, 0.1) is 18.8 Å². The molecule has 96 valence electrons. The molecule has 1 fully saturated rings. The topological polar surface area (TPSA) is 42.2 Å². The number of hydrogen-bond donors (Lipinski definition) is 0. The molecule has 1 heterocycles. The Hall–Kier alpha value is -1.53. The van der Waals surface area contributed by atoms with Crippen molar-refractivity contribution in [1.29, 1.82) is 5.26 Å². The summed E-state index contributed by atoms with van der Waals surface area (Å²) in [6.07, 6.45) is 0.976. The molecule has 1 atom stereocenters. The van der Waals surface area contributed by atoms with Crippen LogP contribution in [0.3, 0.4) is 0 Å². The van der Waals surface area contributed by atoms with Crippen molar-refractivity contribution in [2.75, 3.05) is 13.2 Å². The maximum atomic E-state index is 9.22. The van der Waals surface area contributed by atoms with E-state index < -0.39 is 0 Å². The van der Waals surface area contributed by atoms with Crippen molar-refractivity contribution in [2.45, 2.75) is 38.7 Å². The summed E-state index contributed by atoms with van der Waals surface area (Å²) in [4.78, 5) is 0. The van der Waals surface area contributed by atoms with Gasteiger partial charge in [-0.15, -0.1) is 0 Å². The van der Waals surface area contributed by atoms with Gasteiger partial charge in [-0.3, -0.25) is 0 Å². The molecule has 0 saturated carbocycles. The zero-order chi connectivity index (χ0) is 13.2. The third kappa shape index (κ3) is 2.83. The number of nitriles is 1. The molecule has 1 saturated heterocycles.